The van der Waals surface area contributed by atoms with Gasteiger partial charge in [0.05, 0.1) is 12.2 Å². The molecule has 2 amide bonds. The summed E-state index contributed by atoms with van der Waals surface area (Å²) in [5.74, 6) is 0.479. The highest BCUT2D eigenvalue weighted by Crippen LogP contribution is 2.34. The fraction of sp³-hybridized carbons (Fsp3) is 0.571. The van der Waals surface area contributed by atoms with E-state index in [1.807, 2.05) is 36.3 Å². The lowest BCUT2D eigenvalue weighted by atomic mass is 9.90. The van der Waals surface area contributed by atoms with Crippen molar-refractivity contribution >= 4 is 39.6 Å². The van der Waals surface area contributed by atoms with Gasteiger partial charge in [0, 0.05) is 47.8 Å². The van der Waals surface area contributed by atoms with Gasteiger partial charge in [-0.15, -0.1) is 22.7 Å². The zero-order valence-electron chi connectivity index (χ0n) is 17.0. The molecular weight excluding hydrogens is 404 g/mol. The van der Waals surface area contributed by atoms with Crippen molar-refractivity contribution in [3.05, 3.63) is 33.0 Å². The number of aromatic nitrogens is 1. The smallest absolute Gasteiger partial charge is 0.225 e. The van der Waals surface area contributed by atoms with Crippen LogP contribution in [-0.2, 0) is 29.0 Å². The summed E-state index contributed by atoms with van der Waals surface area (Å²) in [4.78, 5) is 36.3. The van der Waals surface area contributed by atoms with Crippen molar-refractivity contribution in [1.29, 1.82) is 0 Å². The molecule has 29 heavy (non-hydrogen) atoms. The molecule has 1 fully saturated rings. The van der Waals surface area contributed by atoms with Gasteiger partial charge in [-0.1, -0.05) is 19.9 Å². The lowest BCUT2D eigenvalue weighted by molar-refractivity contribution is -0.134. The first-order chi connectivity index (χ1) is 14.0. The molecule has 1 saturated heterocycles. The summed E-state index contributed by atoms with van der Waals surface area (Å²) in [6.07, 6.45) is 2.52. The summed E-state index contributed by atoms with van der Waals surface area (Å²) in [7, 11) is 0. The molecule has 8 heteroatoms. The van der Waals surface area contributed by atoms with E-state index in [9.17, 15) is 9.59 Å². The van der Waals surface area contributed by atoms with Crippen molar-refractivity contribution in [2.45, 2.75) is 39.7 Å². The van der Waals surface area contributed by atoms with Crippen LogP contribution >= 0.6 is 22.7 Å². The number of hydrogen-bond donors (Lipinski definition) is 1. The second kappa shape index (κ2) is 8.83. The molecule has 0 saturated carbocycles. The van der Waals surface area contributed by atoms with Crippen LogP contribution in [0.15, 0.2) is 17.5 Å². The van der Waals surface area contributed by atoms with Crippen LogP contribution in [-0.4, -0.2) is 47.9 Å². The predicted molar refractivity (Wildman–Crippen MR) is 117 cm³/mol. The Kier molecular flexibility index (Phi) is 6.20. The number of amides is 2. The maximum absolute atomic E-state index is 12.6. The molecule has 0 spiro atoms. The molecule has 0 unspecified atom stereocenters. The van der Waals surface area contributed by atoms with Crippen LogP contribution in [0.5, 0.6) is 0 Å². The second-order valence-electron chi connectivity index (χ2n) is 8.07. The molecule has 1 aliphatic carbocycles. The SMILES string of the molecule is CC(C)C(=O)N1CCN(c2nc3c(s2)C[C@@H](C(=O)NCc2cccs2)CC3)CC1. The van der Waals surface area contributed by atoms with Gasteiger partial charge in [-0.2, -0.15) is 0 Å². The average Bonchev–Trinajstić information content (AvgIpc) is 3.40. The van der Waals surface area contributed by atoms with E-state index in [0.717, 1.165) is 56.3 Å². The Morgan fingerprint density at radius 1 is 1.28 bits per heavy atom. The third-order valence-corrected chi connectivity index (χ3v) is 7.73. The van der Waals surface area contributed by atoms with Crippen molar-refractivity contribution in [3.8, 4) is 0 Å². The summed E-state index contributed by atoms with van der Waals surface area (Å²) >= 11 is 3.40. The second-order valence-corrected chi connectivity index (χ2v) is 10.2. The summed E-state index contributed by atoms with van der Waals surface area (Å²) in [6.45, 7) is 7.70. The maximum Gasteiger partial charge on any atom is 0.225 e. The van der Waals surface area contributed by atoms with Gasteiger partial charge in [0.1, 0.15) is 0 Å². The van der Waals surface area contributed by atoms with Crippen LogP contribution in [0.25, 0.3) is 0 Å². The minimum absolute atomic E-state index is 0.0382. The average molecular weight is 433 g/mol. The van der Waals surface area contributed by atoms with Gasteiger partial charge < -0.3 is 15.1 Å². The van der Waals surface area contributed by atoms with Crippen LogP contribution in [0.2, 0.25) is 0 Å². The Morgan fingerprint density at radius 3 is 2.76 bits per heavy atom. The van der Waals surface area contributed by atoms with Gasteiger partial charge in [-0.3, -0.25) is 9.59 Å². The summed E-state index contributed by atoms with van der Waals surface area (Å²) < 4.78 is 0. The highest BCUT2D eigenvalue weighted by Gasteiger charge is 2.30. The van der Waals surface area contributed by atoms with Crippen molar-refractivity contribution in [2.24, 2.45) is 11.8 Å². The zero-order chi connectivity index (χ0) is 20.4. The number of thiazole rings is 1. The molecule has 0 radical (unpaired) electrons. The van der Waals surface area contributed by atoms with Crippen LogP contribution in [0.3, 0.4) is 0 Å². The number of aryl methyl sites for hydroxylation is 1. The molecule has 1 aliphatic heterocycles. The largest absolute Gasteiger partial charge is 0.351 e. The first-order valence-electron chi connectivity index (χ1n) is 10.3. The van der Waals surface area contributed by atoms with E-state index in [0.29, 0.717) is 6.54 Å². The Morgan fingerprint density at radius 2 is 2.07 bits per heavy atom. The van der Waals surface area contributed by atoms with E-state index < -0.39 is 0 Å². The molecule has 2 aromatic rings. The Labute approximate surface area is 179 Å². The van der Waals surface area contributed by atoms with Gasteiger partial charge in [-0.25, -0.2) is 4.98 Å². The van der Waals surface area contributed by atoms with Crippen LogP contribution in [0.4, 0.5) is 5.13 Å². The first kappa shape index (κ1) is 20.3. The van der Waals surface area contributed by atoms with E-state index >= 15 is 0 Å². The zero-order valence-corrected chi connectivity index (χ0v) is 18.7. The monoisotopic (exact) mass is 432 g/mol. The van der Waals surface area contributed by atoms with E-state index in [1.54, 1.807) is 22.7 Å². The lowest BCUT2D eigenvalue weighted by Gasteiger charge is -2.35. The van der Waals surface area contributed by atoms with Crippen molar-refractivity contribution < 1.29 is 9.59 Å². The molecule has 156 valence electrons. The van der Waals surface area contributed by atoms with E-state index in [-0.39, 0.29) is 23.7 Å². The number of thiophene rings is 1. The number of rotatable bonds is 5. The lowest BCUT2D eigenvalue weighted by Crippen LogP contribution is -2.49. The van der Waals surface area contributed by atoms with Crippen molar-refractivity contribution in [3.63, 3.8) is 0 Å². The topological polar surface area (TPSA) is 65.5 Å². The number of anilines is 1. The summed E-state index contributed by atoms with van der Waals surface area (Å²) in [5.41, 5.74) is 1.16. The van der Waals surface area contributed by atoms with Crippen molar-refractivity contribution in [1.82, 2.24) is 15.2 Å². The molecule has 1 atom stereocenters. The van der Waals surface area contributed by atoms with Gasteiger partial charge in [0.15, 0.2) is 5.13 Å². The number of nitrogens with one attached hydrogen (secondary N) is 1. The number of hydrogen-bond acceptors (Lipinski definition) is 6. The highest BCUT2D eigenvalue weighted by atomic mass is 32.1. The minimum Gasteiger partial charge on any atom is -0.351 e. The first-order valence-corrected chi connectivity index (χ1v) is 12.0. The molecule has 2 aliphatic rings. The van der Waals surface area contributed by atoms with Gasteiger partial charge >= 0.3 is 0 Å². The molecule has 2 aromatic heterocycles. The summed E-state index contributed by atoms with van der Waals surface area (Å²) in [5, 5.41) is 6.17. The molecule has 0 bridgehead atoms. The normalized spacial score (nSPS) is 19.3. The Bertz CT molecular complexity index is 854. The fourth-order valence-corrected chi connectivity index (χ4v) is 5.82. The van der Waals surface area contributed by atoms with Crippen LogP contribution in [0, 0.1) is 11.8 Å². The third kappa shape index (κ3) is 4.64. The van der Waals surface area contributed by atoms with Gasteiger partial charge in [-0.05, 0) is 30.7 Å². The number of fused-ring (bicyclic) bond motifs is 1. The number of carbonyl (C=O) groups excluding carboxylic acids is 2. The quantitative estimate of drug-likeness (QED) is 0.789. The minimum atomic E-state index is 0.0382. The number of nitrogens with zero attached hydrogens (tertiary/aromatic N) is 3. The molecule has 3 heterocycles. The van der Waals surface area contributed by atoms with Gasteiger partial charge in [0.2, 0.25) is 11.8 Å². The fourth-order valence-electron chi connectivity index (χ4n) is 3.94. The molecule has 0 aromatic carbocycles. The molecule has 4 rings (SSSR count). The van der Waals surface area contributed by atoms with Crippen molar-refractivity contribution in [2.75, 3.05) is 31.1 Å². The van der Waals surface area contributed by atoms with Crippen LogP contribution in [0.1, 0.15) is 35.7 Å². The number of carbonyl (C=O) groups is 2. The Hall–Kier alpha value is -1.93. The van der Waals surface area contributed by atoms with Crippen LogP contribution < -0.4 is 10.2 Å². The molecular formula is C21H28N4O2S2. The number of piperazine rings is 1. The Balaban J connectivity index is 1.33. The molecule has 6 nitrogen and oxygen atoms in total. The summed E-state index contributed by atoms with van der Waals surface area (Å²) in [6, 6.07) is 4.06. The maximum atomic E-state index is 12.6. The van der Waals surface area contributed by atoms with Gasteiger partial charge in [0.25, 0.3) is 0 Å². The highest BCUT2D eigenvalue weighted by molar-refractivity contribution is 7.15. The van der Waals surface area contributed by atoms with E-state index in [1.165, 1.54) is 9.75 Å². The standard InChI is InChI=1S/C21H28N4O2S2/c1-14(2)20(27)24-7-9-25(10-8-24)21-23-17-6-5-15(12-18(17)29-21)19(26)22-13-16-4-3-11-28-16/h3-4,11,14-15H,5-10,12-13H2,1-2H3,(H,22,26)/t15-/m0/s1. The van der Waals surface area contributed by atoms with E-state index in [4.69, 9.17) is 4.98 Å². The third-order valence-electron chi connectivity index (χ3n) is 5.67. The molecule has 1 N–H and O–H groups in total. The van der Waals surface area contributed by atoms with E-state index in [2.05, 4.69) is 10.2 Å². The predicted octanol–water partition coefficient (Wildman–Crippen LogP) is 2.93.